The third-order valence-electron chi connectivity index (χ3n) is 3.80. The van der Waals surface area contributed by atoms with Crippen LogP contribution in [0.4, 0.5) is 0 Å². The van der Waals surface area contributed by atoms with E-state index in [4.69, 9.17) is 10.4 Å². The van der Waals surface area contributed by atoms with Crippen molar-refractivity contribution in [3.05, 3.63) is 54.1 Å². The smallest absolute Gasteiger partial charge is 0.125 e. The van der Waals surface area contributed by atoms with Gasteiger partial charge in [0.05, 0.1) is 22.0 Å². The Morgan fingerprint density at radius 2 is 2.05 bits per heavy atom. The molecule has 108 valence electrons. The summed E-state index contributed by atoms with van der Waals surface area (Å²) in [5.74, 6) is 0. The molecule has 0 saturated carbocycles. The fourth-order valence-electron chi connectivity index (χ4n) is 2.68. The Morgan fingerprint density at radius 1 is 1.09 bits per heavy atom. The summed E-state index contributed by atoms with van der Waals surface area (Å²) in [7, 11) is 0. The van der Waals surface area contributed by atoms with Crippen LogP contribution < -0.4 is 0 Å². The molecule has 3 aromatic heterocycles. The van der Waals surface area contributed by atoms with Gasteiger partial charge in [-0.05, 0) is 43.0 Å². The number of aromatic nitrogens is 3. The third-order valence-corrected chi connectivity index (χ3v) is 4.87. The number of rotatable bonds is 2. The zero-order valence-electron chi connectivity index (χ0n) is 11.9. The van der Waals surface area contributed by atoms with Crippen LogP contribution in [-0.2, 0) is 6.42 Å². The van der Waals surface area contributed by atoms with Gasteiger partial charge in [0.15, 0.2) is 0 Å². The highest BCUT2D eigenvalue weighted by atomic mass is 32.1. The minimum absolute atomic E-state index is 0.653. The van der Waals surface area contributed by atoms with Crippen LogP contribution in [0, 0.1) is 5.41 Å². The Bertz CT molecular complexity index is 839. The number of nitrogens with one attached hydrogen (secondary N) is 1. The Morgan fingerprint density at radius 3 is 2.91 bits per heavy atom. The minimum Gasteiger partial charge on any atom is -0.303 e. The van der Waals surface area contributed by atoms with Crippen LogP contribution in [0.15, 0.2) is 42.9 Å². The number of pyridine rings is 2. The fourth-order valence-corrected chi connectivity index (χ4v) is 3.55. The number of nitrogens with zero attached hydrogens (tertiary/aromatic N) is 3. The quantitative estimate of drug-likeness (QED) is 0.779. The van der Waals surface area contributed by atoms with E-state index in [9.17, 15) is 0 Å². The molecular weight excluding hydrogens is 292 g/mol. The predicted octanol–water partition coefficient (Wildman–Crippen LogP) is 3.97. The molecule has 0 bridgehead atoms. The molecule has 0 unspecified atom stereocenters. The van der Waals surface area contributed by atoms with Crippen LogP contribution in [0.2, 0.25) is 0 Å². The minimum atomic E-state index is 0.653. The van der Waals surface area contributed by atoms with Gasteiger partial charge in [0.1, 0.15) is 5.01 Å². The van der Waals surface area contributed by atoms with Gasteiger partial charge in [-0.1, -0.05) is 6.07 Å². The first-order chi connectivity index (χ1) is 10.8. The highest BCUT2D eigenvalue weighted by Crippen LogP contribution is 2.32. The predicted molar refractivity (Wildman–Crippen MR) is 88.3 cm³/mol. The van der Waals surface area contributed by atoms with Crippen molar-refractivity contribution in [2.75, 3.05) is 0 Å². The Kier molecular flexibility index (Phi) is 3.27. The molecule has 4 rings (SSSR count). The summed E-state index contributed by atoms with van der Waals surface area (Å²) in [5, 5.41) is 9.03. The molecule has 0 spiro atoms. The molecule has 22 heavy (non-hydrogen) atoms. The molecule has 0 aromatic carbocycles. The van der Waals surface area contributed by atoms with E-state index in [0.717, 1.165) is 46.1 Å². The van der Waals surface area contributed by atoms with E-state index < -0.39 is 0 Å². The summed E-state index contributed by atoms with van der Waals surface area (Å²) in [6.45, 7) is 0. The monoisotopic (exact) mass is 306 g/mol. The molecule has 3 heterocycles. The van der Waals surface area contributed by atoms with E-state index in [1.807, 2.05) is 30.6 Å². The van der Waals surface area contributed by atoms with Crippen molar-refractivity contribution >= 4 is 17.0 Å². The summed E-state index contributed by atoms with van der Waals surface area (Å²) in [5.41, 5.74) is 4.62. The van der Waals surface area contributed by atoms with E-state index >= 15 is 0 Å². The number of thiazole rings is 1. The summed E-state index contributed by atoms with van der Waals surface area (Å²) in [4.78, 5) is 14.3. The molecule has 1 N–H and O–H groups in total. The van der Waals surface area contributed by atoms with Crippen molar-refractivity contribution < 1.29 is 0 Å². The van der Waals surface area contributed by atoms with Gasteiger partial charge in [-0.3, -0.25) is 4.98 Å². The van der Waals surface area contributed by atoms with Crippen molar-refractivity contribution in [1.82, 2.24) is 15.0 Å². The van der Waals surface area contributed by atoms with Gasteiger partial charge in [-0.15, -0.1) is 11.3 Å². The van der Waals surface area contributed by atoms with E-state index in [0.29, 0.717) is 5.71 Å². The summed E-state index contributed by atoms with van der Waals surface area (Å²) in [6, 6.07) is 8.06. The van der Waals surface area contributed by atoms with Gasteiger partial charge in [0, 0.05) is 24.2 Å². The molecule has 3 aromatic rings. The van der Waals surface area contributed by atoms with E-state index in [2.05, 4.69) is 16.0 Å². The fraction of sp³-hybridized carbons (Fsp3) is 0.176. The molecule has 0 aliphatic heterocycles. The SMILES string of the molecule is N=C1CCCc2ccc(-c3cnc(-c4cccnc4)s3)nc21. The maximum atomic E-state index is 8.09. The largest absolute Gasteiger partial charge is 0.303 e. The third kappa shape index (κ3) is 2.33. The molecule has 0 radical (unpaired) electrons. The molecule has 1 aliphatic carbocycles. The standard InChI is InChI=1S/C17H14N4S/c18-13-5-1-3-11-6-7-14(21-16(11)13)15-10-20-17(22-15)12-4-2-8-19-9-12/h2,4,6-10,18H,1,3,5H2. The van der Waals surface area contributed by atoms with Crippen LogP contribution in [0.1, 0.15) is 24.1 Å². The van der Waals surface area contributed by atoms with Crippen molar-refractivity contribution in [3.8, 4) is 21.1 Å². The Hall–Kier alpha value is -2.40. The van der Waals surface area contributed by atoms with Gasteiger partial charge in [-0.25, -0.2) is 9.97 Å². The van der Waals surface area contributed by atoms with Crippen LogP contribution in [-0.4, -0.2) is 20.7 Å². The van der Waals surface area contributed by atoms with Crippen LogP contribution >= 0.6 is 11.3 Å². The van der Waals surface area contributed by atoms with Crippen molar-refractivity contribution in [2.24, 2.45) is 0 Å². The van der Waals surface area contributed by atoms with Gasteiger partial charge in [-0.2, -0.15) is 0 Å². The number of hydrogen-bond acceptors (Lipinski definition) is 5. The van der Waals surface area contributed by atoms with E-state index in [-0.39, 0.29) is 0 Å². The summed E-state index contributed by atoms with van der Waals surface area (Å²) >= 11 is 1.61. The van der Waals surface area contributed by atoms with E-state index in [1.54, 1.807) is 17.5 Å². The Balaban J connectivity index is 1.73. The van der Waals surface area contributed by atoms with Crippen molar-refractivity contribution in [3.63, 3.8) is 0 Å². The van der Waals surface area contributed by atoms with Crippen molar-refractivity contribution in [2.45, 2.75) is 19.3 Å². The van der Waals surface area contributed by atoms with Crippen LogP contribution in [0.25, 0.3) is 21.1 Å². The first-order valence-electron chi connectivity index (χ1n) is 7.25. The van der Waals surface area contributed by atoms with Gasteiger partial charge < -0.3 is 5.41 Å². The molecular formula is C17H14N4S. The summed E-state index contributed by atoms with van der Waals surface area (Å²) < 4.78 is 0. The molecule has 0 saturated heterocycles. The highest BCUT2D eigenvalue weighted by molar-refractivity contribution is 7.18. The molecule has 0 amide bonds. The number of aryl methyl sites for hydroxylation is 1. The van der Waals surface area contributed by atoms with Gasteiger partial charge >= 0.3 is 0 Å². The number of fused-ring (bicyclic) bond motifs is 1. The Labute approximate surface area is 132 Å². The van der Waals surface area contributed by atoms with Crippen LogP contribution in [0.3, 0.4) is 0 Å². The lowest BCUT2D eigenvalue weighted by atomic mass is 9.94. The average molecular weight is 306 g/mol. The molecule has 1 aliphatic rings. The second-order valence-electron chi connectivity index (χ2n) is 5.31. The first kappa shape index (κ1) is 13.3. The molecule has 0 atom stereocenters. The summed E-state index contributed by atoms with van der Waals surface area (Å²) in [6.07, 6.45) is 8.34. The lowest BCUT2D eigenvalue weighted by molar-refractivity contribution is 0.823. The van der Waals surface area contributed by atoms with Crippen molar-refractivity contribution in [1.29, 1.82) is 5.41 Å². The average Bonchev–Trinajstić information content (AvgIpc) is 3.06. The maximum Gasteiger partial charge on any atom is 0.125 e. The van der Waals surface area contributed by atoms with E-state index in [1.165, 1.54) is 5.56 Å². The van der Waals surface area contributed by atoms with Crippen LogP contribution in [0.5, 0.6) is 0 Å². The van der Waals surface area contributed by atoms with Gasteiger partial charge in [0.25, 0.3) is 0 Å². The lowest BCUT2D eigenvalue weighted by Crippen LogP contribution is -2.13. The molecule has 5 heteroatoms. The first-order valence-corrected chi connectivity index (χ1v) is 8.07. The maximum absolute atomic E-state index is 8.09. The second-order valence-corrected chi connectivity index (χ2v) is 6.34. The van der Waals surface area contributed by atoms with Gasteiger partial charge in [0.2, 0.25) is 0 Å². The highest BCUT2D eigenvalue weighted by Gasteiger charge is 2.17. The second kappa shape index (κ2) is 5.42. The zero-order valence-corrected chi connectivity index (χ0v) is 12.7. The number of hydrogen-bond donors (Lipinski definition) is 1. The topological polar surface area (TPSA) is 62.5 Å². The lowest BCUT2D eigenvalue weighted by Gasteiger charge is -2.16. The molecule has 0 fully saturated rings. The normalized spacial score (nSPS) is 13.9. The molecule has 4 nitrogen and oxygen atoms in total. The zero-order chi connectivity index (χ0) is 14.9.